The highest BCUT2D eigenvalue weighted by atomic mass is 19.4. The number of ether oxygens (including phenoxy) is 1. The van der Waals surface area contributed by atoms with E-state index in [2.05, 4.69) is 0 Å². The first-order chi connectivity index (χ1) is 15.3. The van der Waals surface area contributed by atoms with Crippen LogP contribution in [0.15, 0.2) is 72.8 Å². The summed E-state index contributed by atoms with van der Waals surface area (Å²) in [5, 5.41) is 10.4. The maximum atomic E-state index is 14.4. The van der Waals surface area contributed by atoms with Crippen LogP contribution in [0.25, 0.3) is 0 Å². The normalized spacial score (nSPS) is 12.4. The van der Waals surface area contributed by atoms with Gasteiger partial charge in [0.2, 0.25) is 0 Å². The Morgan fingerprint density at radius 1 is 0.938 bits per heavy atom. The van der Waals surface area contributed by atoms with E-state index in [1.807, 2.05) is 25.1 Å². The third-order valence-electron chi connectivity index (χ3n) is 4.95. The van der Waals surface area contributed by atoms with Gasteiger partial charge in [0, 0.05) is 30.4 Å². The number of anilines is 1. The van der Waals surface area contributed by atoms with Crippen LogP contribution in [0.3, 0.4) is 0 Å². The van der Waals surface area contributed by atoms with Gasteiger partial charge in [0.25, 0.3) is 0 Å². The third-order valence-corrected chi connectivity index (χ3v) is 4.95. The summed E-state index contributed by atoms with van der Waals surface area (Å²) in [6.45, 7) is 1.93. The number of para-hydroxylation sites is 1. The Morgan fingerprint density at radius 2 is 1.66 bits per heavy atom. The molecule has 0 spiro atoms. The van der Waals surface area contributed by atoms with E-state index in [-0.39, 0.29) is 18.7 Å². The first-order valence-corrected chi connectivity index (χ1v) is 10.4. The van der Waals surface area contributed by atoms with Crippen molar-refractivity contribution in [1.82, 2.24) is 0 Å². The maximum Gasteiger partial charge on any atom is 0.416 e. The lowest BCUT2D eigenvalue weighted by Gasteiger charge is -2.28. The summed E-state index contributed by atoms with van der Waals surface area (Å²) >= 11 is 0. The SMILES string of the molecule is CCCC(O)CN(Cc1cc(C(F)(F)F)ccc1F)c1cccc(Oc2ccccc2)c1. The molecular weight excluding hydrogens is 422 g/mol. The van der Waals surface area contributed by atoms with Gasteiger partial charge in [0.05, 0.1) is 11.7 Å². The number of halogens is 4. The minimum absolute atomic E-state index is 0.0992. The number of aliphatic hydroxyl groups excluding tert-OH is 1. The number of benzene rings is 3. The Morgan fingerprint density at radius 3 is 2.34 bits per heavy atom. The summed E-state index contributed by atoms with van der Waals surface area (Å²) < 4.78 is 59.7. The van der Waals surface area contributed by atoms with Crippen LogP contribution >= 0.6 is 0 Å². The fraction of sp³-hybridized carbons (Fsp3) is 0.280. The third kappa shape index (κ3) is 6.47. The van der Waals surface area contributed by atoms with Gasteiger partial charge < -0.3 is 14.7 Å². The van der Waals surface area contributed by atoms with Crippen molar-refractivity contribution in [3.05, 3.63) is 89.7 Å². The average molecular weight is 447 g/mol. The van der Waals surface area contributed by atoms with Crippen molar-refractivity contribution in [2.24, 2.45) is 0 Å². The van der Waals surface area contributed by atoms with Gasteiger partial charge in [-0.2, -0.15) is 13.2 Å². The molecule has 0 saturated heterocycles. The number of rotatable bonds is 9. The van der Waals surface area contributed by atoms with Gasteiger partial charge in [-0.15, -0.1) is 0 Å². The number of hydrogen-bond acceptors (Lipinski definition) is 3. The Balaban J connectivity index is 1.91. The van der Waals surface area contributed by atoms with E-state index in [4.69, 9.17) is 4.74 Å². The number of nitrogens with zero attached hydrogens (tertiary/aromatic N) is 1. The Kier molecular flexibility index (Phi) is 7.75. The van der Waals surface area contributed by atoms with Crippen LogP contribution in [0, 0.1) is 5.82 Å². The van der Waals surface area contributed by atoms with Gasteiger partial charge in [-0.25, -0.2) is 4.39 Å². The number of alkyl halides is 3. The molecule has 3 aromatic rings. The van der Waals surface area contributed by atoms with E-state index < -0.39 is 23.7 Å². The van der Waals surface area contributed by atoms with E-state index >= 15 is 0 Å². The summed E-state index contributed by atoms with van der Waals surface area (Å²) in [5.74, 6) is 0.420. The molecular formula is C25H25F4NO2. The van der Waals surface area contributed by atoms with Crippen LogP contribution in [-0.4, -0.2) is 17.8 Å². The van der Waals surface area contributed by atoms with Crippen molar-refractivity contribution in [1.29, 1.82) is 0 Å². The highest BCUT2D eigenvalue weighted by Gasteiger charge is 2.31. The smallest absolute Gasteiger partial charge is 0.416 e. The van der Waals surface area contributed by atoms with Gasteiger partial charge in [0.15, 0.2) is 0 Å². The van der Waals surface area contributed by atoms with Crippen molar-refractivity contribution < 1.29 is 27.4 Å². The number of aliphatic hydroxyl groups is 1. The molecule has 3 aromatic carbocycles. The molecule has 0 aliphatic carbocycles. The van der Waals surface area contributed by atoms with Crippen LogP contribution < -0.4 is 9.64 Å². The summed E-state index contributed by atoms with van der Waals surface area (Å²) in [6, 6.07) is 18.5. The van der Waals surface area contributed by atoms with E-state index in [9.17, 15) is 22.7 Å². The lowest BCUT2D eigenvalue weighted by atomic mass is 10.1. The lowest BCUT2D eigenvalue weighted by Crippen LogP contribution is -2.32. The largest absolute Gasteiger partial charge is 0.457 e. The average Bonchev–Trinajstić information content (AvgIpc) is 2.75. The molecule has 0 heterocycles. The summed E-state index contributed by atoms with van der Waals surface area (Å²) in [4.78, 5) is 1.66. The standard InChI is InChI=1S/C25H25F4NO2/c1-2-7-21(31)17-30(16-18-14-19(25(27,28)29)12-13-24(18)26)20-8-6-11-23(15-20)32-22-9-4-3-5-10-22/h3-6,8-15,21,31H,2,7,16-17H2,1H3. The van der Waals surface area contributed by atoms with Gasteiger partial charge in [-0.05, 0) is 48.9 Å². The monoisotopic (exact) mass is 447 g/mol. The van der Waals surface area contributed by atoms with Crippen molar-refractivity contribution in [2.75, 3.05) is 11.4 Å². The zero-order valence-electron chi connectivity index (χ0n) is 17.6. The molecule has 0 bridgehead atoms. The molecule has 0 aromatic heterocycles. The molecule has 0 saturated carbocycles. The summed E-state index contributed by atoms with van der Waals surface area (Å²) in [5.41, 5.74) is -0.410. The first-order valence-electron chi connectivity index (χ1n) is 10.4. The fourth-order valence-electron chi connectivity index (χ4n) is 3.39. The van der Waals surface area contributed by atoms with Gasteiger partial charge in [-0.3, -0.25) is 0 Å². The molecule has 3 nitrogen and oxygen atoms in total. The zero-order chi connectivity index (χ0) is 23.1. The first kappa shape index (κ1) is 23.6. The van der Waals surface area contributed by atoms with E-state index in [0.717, 1.165) is 24.6 Å². The van der Waals surface area contributed by atoms with Crippen LogP contribution in [0.5, 0.6) is 11.5 Å². The second-order valence-corrected chi connectivity index (χ2v) is 7.54. The Bertz CT molecular complexity index is 1010. The summed E-state index contributed by atoms with van der Waals surface area (Å²) in [6.07, 6.45) is -4.03. The number of hydrogen-bond donors (Lipinski definition) is 1. The fourth-order valence-corrected chi connectivity index (χ4v) is 3.39. The molecule has 0 amide bonds. The molecule has 3 rings (SSSR count). The predicted octanol–water partition coefficient (Wildman–Crippen LogP) is 6.80. The maximum absolute atomic E-state index is 14.4. The van der Waals surface area contributed by atoms with Gasteiger partial charge in [0.1, 0.15) is 17.3 Å². The second kappa shape index (κ2) is 10.5. The minimum Gasteiger partial charge on any atom is -0.457 e. The summed E-state index contributed by atoms with van der Waals surface area (Å²) in [7, 11) is 0. The van der Waals surface area contributed by atoms with Crippen molar-refractivity contribution in [2.45, 2.75) is 38.6 Å². The molecule has 0 fully saturated rings. The highest BCUT2D eigenvalue weighted by Crippen LogP contribution is 2.32. The van der Waals surface area contributed by atoms with Crippen LogP contribution in [-0.2, 0) is 12.7 Å². The molecule has 0 aliphatic rings. The van der Waals surface area contributed by atoms with E-state index in [1.165, 1.54) is 0 Å². The van der Waals surface area contributed by atoms with Gasteiger partial charge >= 0.3 is 6.18 Å². The van der Waals surface area contributed by atoms with Crippen molar-refractivity contribution in [3.63, 3.8) is 0 Å². The van der Waals surface area contributed by atoms with Crippen LogP contribution in [0.2, 0.25) is 0 Å². The van der Waals surface area contributed by atoms with E-state index in [0.29, 0.717) is 23.6 Å². The minimum atomic E-state index is -4.57. The molecule has 0 aliphatic heterocycles. The lowest BCUT2D eigenvalue weighted by molar-refractivity contribution is -0.137. The molecule has 7 heteroatoms. The Hall–Kier alpha value is -3.06. The predicted molar refractivity (Wildman–Crippen MR) is 116 cm³/mol. The van der Waals surface area contributed by atoms with Crippen molar-refractivity contribution in [3.8, 4) is 11.5 Å². The zero-order valence-corrected chi connectivity index (χ0v) is 17.6. The molecule has 1 unspecified atom stereocenters. The van der Waals surface area contributed by atoms with Crippen LogP contribution in [0.1, 0.15) is 30.9 Å². The molecule has 0 radical (unpaired) electrons. The molecule has 170 valence electrons. The highest BCUT2D eigenvalue weighted by molar-refractivity contribution is 5.52. The topological polar surface area (TPSA) is 32.7 Å². The van der Waals surface area contributed by atoms with Gasteiger partial charge in [-0.1, -0.05) is 37.6 Å². The van der Waals surface area contributed by atoms with Crippen LogP contribution in [0.4, 0.5) is 23.2 Å². The molecule has 32 heavy (non-hydrogen) atoms. The quantitative estimate of drug-likeness (QED) is 0.366. The molecule has 1 atom stereocenters. The van der Waals surface area contributed by atoms with Crippen molar-refractivity contribution >= 4 is 5.69 Å². The molecule has 1 N–H and O–H groups in total. The van der Waals surface area contributed by atoms with E-state index in [1.54, 1.807) is 41.3 Å². The Labute approximate surface area is 184 Å². The second-order valence-electron chi connectivity index (χ2n) is 7.54.